The summed E-state index contributed by atoms with van der Waals surface area (Å²) in [5.41, 5.74) is 2.94. The molecule has 4 rings (SSSR count). The van der Waals surface area contributed by atoms with Crippen LogP contribution in [0.5, 0.6) is 5.75 Å². The van der Waals surface area contributed by atoms with Crippen LogP contribution in [0.1, 0.15) is 54.6 Å². The predicted molar refractivity (Wildman–Crippen MR) is 125 cm³/mol. The minimum Gasteiger partial charge on any atom is -0.494 e. The Bertz CT molecular complexity index is 1030. The van der Waals surface area contributed by atoms with E-state index in [1.807, 2.05) is 59.5 Å². The Morgan fingerprint density at radius 3 is 2.52 bits per heavy atom. The van der Waals surface area contributed by atoms with Gasteiger partial charge in [-0.1, -0.05) is 74.4 Å². The molecule has 0 spiro atoms. The zero-order valence-corrected chi connectivity index (χ0v) is 18.3. The van der Waals surface area contributed by atoms with Crippen molar-refractivity contribution in [1.29, 1.82) is 0 Å². The highest BCUT2D eigenvalue weighted by molar-refractivity contribution is 6.02. The first-order valence-electron chi connectivity index (χ1n) is 11.1. The second kappa shape index (κ2) is 9.25. The van der Waals surface area contributed by atoms with Crippen molar-refractivity contribution in [3.8, 4) is 5.75 Å². The van der Waals surface area contributed by atoms with Gasteiger partial charge in [0.05, 0.1) is 12.2 Å². The van der Waals surface area contributed by atoms with Crippen molar-refractivity contribution in [2.45, 2.75) is 45.3 Å². The summed E-state index contributed by atoms with van der Waals surface area (Å²) in [6, 6.07) is 25.9. The molecular weight excluding hydrogens is 384 g/mol. The lowest BCUT2D eigenvalue weighted by atomic mass is 9.92. The van der Waals surface area contributed by atoms with E-state index in [0.29, 0.717) is 18.7 Å². The maximum atomic E-state index is 13.6. The van der Waals surface area contributed by atoms with E-state index in [-0.39, 0.29) is 5.91 Å². The Morgan fingerprint density at radius 1 is 0.935 bits per heavy atom. The van der Waals surface area contributed by atoms with Crippen LogP contribution in [0, 0.1) is 0 Å². The summed E-state index contributed by atoms with van der Waals surface area (Å²) < 4.78 is 6.00. The number of carbonyl (C=O) groups is 1. The van der Waals surface area contributed by atoms with Crippen LogP contribution in [-0.4, -0.2) is 17.4 Å². The molecule has 0 radical (unpaired) electrons. The molecule has 0 aromatic heterocycles. The van der Waals surface area contributed by atoms with Crippen LogP contribution in [0.15, 0.2) is 78.9 Å². The number of unbranched alkanes of at least 4 members (excludes halogenated alkanes) is 2. The van der Waals surface area contributed by atoms with Gasteiger partial charge in [0, 0.05) is 17.8 Å². The molecular formula is C27H30N2O2. The van der Waals surface area contributed by atoms with Gasteiger partial charge in [0.2, 0.25) is 0 Å². The van der Waals surface area contributed by atoms with Crippen LogP contribution in [-0.2, 0) is 12.2 Å². The standard InChI is InChI=1S/C27H30N2O2/c1-3-4-10-18-31-23-15-11-14-22(19-23)27(2)28-25-17-9-8-16-24(25)26(30)29(27)20-21-12-6-5-7-13-21/h5-9,11-17,19,28H,3-4,10,18,20H2,1-2H3. The molecule has 3 aromatic rings. The van der Waals surface area contributed by atoms with Crippen LogP contribution < -0.4 is 10.1 Å². The van der Waals surface area contributed by atoms with Crippen molar-refractivity contribution in [2.24, 2.45) is 0 Å². The number of hydrogen-bond donors (Lipinski definition) is 1. The quantitative estimate of drug-likeness (QED) is 0.447. The van der Waals surface area contributed by atoms with Gasteiger partial charge in [0.15, 0.2) is 0 Å². The van der Waals surface area contributed by atoms with Crippen molar-refractivity contribution in [2.75, 3.05) is 11.9 Å². The summed E-state index contributed by atoms with van der Waals surface area (Å²) in [6.45, 7) is 5.47. The third-order valence-corrected chi connectivity index (χ3v) is 5.92. The number of nitrogens with one attached hydrogen (secondary N) is 1. The summed E-state index contributed by atoms with van der Waals surface area (Å²) >= 11 is 0. The fraction of sp³-hybridized carbons (Fsp3) is 0.296. The fourth-order valence-corrected chi connectivity index (χ4v) is 4.11. The molecule has 1 aliphatic heterocycles. The average molecular weight is 415 g/mol. The minimum atomic E-state index is -0.704. The molecule has 0 bridgehead atoms. The van der Waals surface area contributed by atoms with Crippen LogP contribution in [0.4, 0.5) is 5.69 Å². The summed E-state index contributed by atoms with van der Waals surface area (Å²) in [5.74, 6) is 0.859. The number of rotatable bonds is 8. The largest absolute Gasteiger partial charge is 0.494 e. The number of ether oxygens (including phenoxy) is 1. The Kier molecular flexibility index (Phi) is 6.26. The van der Waals surface area contributed by atoms with Gasteiger partial charge >= 0.3 is 0 Å². The molecule has 1 heterocycles. The van der Waals surface area contributed by atoms with Gasteiger partial charge in [-0.3, -0.25) is 4.79 Å². The number of carbonyl (C=O) groups excluding carboxylic acids is 1. The van der Waals surface area contributed by atoms with Crippen molar-refractivity contribution in [3.05, 3.63) is 95.6 Å². The minimum absolute atomic E-state index is 0.0231. The van der Waals surface area contributed by atoms with Crippen LogP contribution >= 0.6 is 0 Å². The first-order chi connectivity index (χ1) is 15.1. The van der Waals surface area contributed by atoms with Crippen molar-refractivity contribution in [1.82, 2.24) is 4.90 Å². The Balaban J connectivity index is 1.69. The SMILES string of the molecule is CCCCCOc1cccc(C2(C)Nc3ccccc3C(=O)N2Cc2ccccc2)c1. The molecule has 4 heteroatoms. The zero-order valence-electron chi connectivity index (χ0n) is 18.3. The maximum Gasteiger partial charge on any atom is 0.258 e. The topological polar surface area (TPSA) is 41.6 Å². The average Bonchev–Trinajstić information content (AvgIpc) is 2.80. The summed E-state index contributed by atoms with van der Waals surface area (Å²) in [7, 11) is 0. The molecule has 3 aromatic carbocycles. The van der Waals surface area contributed by atoms with Gasteiger partial charge in [0.25, 0.3) is 5.91 Å². The maximum absolute atomic E-state index is 13.6. The Morgan fingerprint density at radius 2 is 1.71 bits per heavy atom. The van der Waals surface area contributed by atoms with Crippen molar-refractivity contribution >= 4 is 11.6 Å². The van der Waals surface area contributed by atoms with Crippen molar-refractivity contribution < 1.29 is 9.53 Å². The monoisotopic (exact) mass is 414 g/mol. The molecule has 0 saturated heterocycles. The number of hydrogen-bond acceptors (Lipinski definition) is 3. The molecule has 1 N–H and O–H groups in total. The lowest BCUT2D eigenvalue weighted by Gasteiger charge is -2.47. The molecule has 0 saturated carbocycles. The van der Waals surface area contributed by atoms with Gasteiger partial charge in [-0.05, 0) is 43.2 Å². The normalized spacial score (nSPS) is 17.7. The van der Waals surface area contributed by atoms with Gasteiger partial charge in [-0.15, -0.1) is 0 Å². The molecule has 160 valence electrons. The Hall–Kier alpha value is -3.27. The molecule has 1 unspecified atom stereocenters. The van der Waals surface area contributed by atoms with Gasteiger partial charge in [-0.2, -0.15) is 0 Å². The highest BCUT2D eigenvalue weighted by atomic mass is 16.5. The number of para-hydroxylation sites is 1. The van der Waals surface area contributed by atoms with E-state index in [1.165, 1.54) is 6.42 Å². The van der Waals surface area contributed by atoms with Gasteiger partial charge in [0.1, 0.15) is 11.4 Å². The lowest BCUT2D eigenvalue weighted by Crippen LogP contribution is -2.55. The van der Waals surface area contributed by atoms with E-state index < -0.39 is 5.66 Å². The molecule has 1 amide bonds. The third kappa shape index (κ3) is 4.43. The van der Waals surface area contributed by atoms with E-state index in [4.69, 9.17) is 4.74 Å². The smallest absolute Gasteiger partial charge is 0.258 e. The molecule has 1 atom stereocenters. The first kappa shape index (κ1) is 21.0. The van der Waals surface area contributed by atoms with E-state index in [1.54, 1.807) is 0 Å². The predicted octanol–water partition coefficient (Wildman–Crippen LogP) is 6.20. The highest BCUT2D eigenvalue weighted by Crippen LogP contribution is 2.39. The van der Waals surface area contributed by atoms with E-state index in [2.05, 4.69) is 43.4 Å². The van der Waals surface area contributed by atoms with Crippen LogP contribution in [0.3, 0.4) is 0 Å². The Labute approximate surface area is 184 Å². The number of benzene rings is 3. The molecule has 1 aliphatic rings. The fourth-order valence-electron chi connectivity index (χ4n) is 4.11. The second-order valence-electron chi connectivity index (χ2n) is 8.20. The van der Waals surface area contributed by atoms with Gasteiger partial charge in [-0.25, -0.2) is 0 Å². The molecule has 0 fully saturated rings. The van der Waals surface area contributed by atoms with Gasteiger partial charge < -0.3 is 15.0 Å². The van der Waals surface area contributed by atoms with E-state index >= 15 is 0 Å². The number of fused-ring (bicyclic) bond motifs is 1. The number of anilines is 1. The molecule has 4 nitrogen and oxygen atoms in total. The number of amides is 1. The first-order valence-corrected chi connectivity index (χ1v) is 11.1. The number of nitrogens with zero attached hydrogens (tertiary/aromatic N) is 1. The second-order valence-corrected chi connectivity index (χ2v) is 8.20. The summed E-state index contributed by atoms with van der Waals surface area (Å²) in [5, 5.41) is 3.64. The van der Waals surface area contributed by atoms with E-state index in [0.717, 1.165) is 35.4 Å². The molecule has 0 aliphatic carbocycles. The van der Waals surface area contributed by atoms with E-state index in [9.17, 15) is 4.79 Å². The lowest BCUT2D eigenvalue weighted by molar-refractivity contribution is 0.0508. The van der Waals surface area contributed by atoms with Crippen LogP contribution in [0.25, 0.3) is 0 Å². The zero-order chi connectivity index (χ0) is 21.7. The summed E-state index contributed by atoms with van der Waals surface area (Å²) in [6.07, 6.45) is 3.37. The molecule has 31 heavy (non-hydrogen) atoms. The summed E-state index contributed by atoms with van der Waals surface area (Å²) in [4.78, 5) is 15.5. The van der Waals surface area contributed by atoms with Crippen molar-refractivity contribution in [3.63, 3.8) is 0 Å². The highest BCUT2D eigenvalue weighted by Gasteiger charge is 2.42. The van der Waals surface area contributed by atoms with Crippen LogP contribution in [0.2, 0.25) is 0 Å². The third-order valence-electron chi connectivity index (χ3n) is 5.92.